The molecule has 11 nitrogen and oxygen atoms in total. The number of nitrogens with one attached hydrogen (secondary N) is 2. The van der Waals surface area contributed by atoms with Gasteiger partial charge in [0, 0.05) is 75.4 Å². The molecule has 48 heavy (non-hydrogen) atoms. The zero-order chi connectivity index (χ0) is 33.6. The Morgan fingerprint density at radius 1 is 0.938 bits per heavy atom. The zero-order valence-electron chi connectivity index (χ0n) is 27.1. The Bertz CT molecular complexity index is 1750. The van der Waals surface area contributed by atoms with Crippen LogP contribution < -0.4 is 15.5 Å². The second-order valence-electron chi connectivity index (χ2n) is 12.2. The van der Waals surface area contributed by atoms with E-state index in [1.165, 1.54) is 19.2 Å². The number of ether oxygens (including phenoxy) is 3. The topological polar surface area (TPSA) is 110 Å². The molecule has 0 saturated carbocycles. The van der Waals surface area contributed by atoms with Gasteiger partial charge in [-0.3, -0.25) is 4.79 Å². The molecule has 1 amide bonds. The van der Waals surface area contributed by atoms with Crippen molar-refractivity contribution in [2.45, 2.75) is 25.3 Å². The minimum atomic E-state index is -0.740. The Morgan fingerprint density at radius 2 is 1.69 bits per heavy atom. The average Bonchev–Trinajstić information content (AvgIpc) is 3.42. The molecule has 3 heterocycles. The SMILES string of the molecule is COCCOC(=O)n1nc(NC(=O)c2ccc(N3CCN(C)CC3)cc2NC2CCOCC2)c2cc(Cc3cc(F)cc(F)c3)ccc21. The zero-order valence-corrected chi connectivity index (χ0v) is 27.1. The Labute approximate surface area is 277 Å². The summed E-state index contributed by atoms with van der Waals surface area (Å²) < 4.78 is 44.8. The van der Waals surface area contributed by atoms with Gasteiger partial charge in [0.2, 0.25) is 0 Å². The summed E-state index contributed by atoms with van der Waals surface area (Å²) >= 11 is 0. The van der Waals surface area contributed by atoms with Crippen molar-refractivity contribution in [1.29, 1.82) is 0 Å². The van der Waals surface area contributed by atoms with E-state index in [1.807, 2.05) is 18.2 Å². The summed E-state index contributed by atoms with van der Waals surface area (Å²) in [5.74, 6) is -1.61. The van der Waals surface area contributed by atoms with Crippen molar-refractivity contribution in [2.75, 3.05) is 82.3 Å². The first kappa shape index (κ1) is 33.3. The highest BCUT2D eigenvalue weighted by Gasteiger charge is 2.24. The third-order valence-corrected chi connectivity index (χ3v) is 8.69. The van der Waals surface area contributed by atoms with Crippen molar-refractivity contribution in [3.05, 3.63) is 82.9 Å². The summed E-state index contributed by atoms with van der Waals surface area (Å²) in [7, 11) is 3.61. The van der Waals surface area contributed by atoms with Crippen LogP contribution in [0, 0.1) is 11.6 Å². The number of nitrogens with zero attached hydrogens (tertiary/aromatic N) is 4. The van der Waals surface area contributed by atoms with E-state index in [9.17, 15) is 18.4 Å². The number of benzene rings is 3. The molecule has 2 aliphatic rings. The van der Waals surface area contributed by atoms with Crippen molar-refractivity contribution < 1.29 is 32.6 Å². The van der Waals surface area contributed by atoms with E-state index in [2.05, 4.69) is 32.6 Å². The van der Waals surface area contributed by atoms with Crippen LogP contribution in [0.3, 0.4) is 0 Å². The molecule has 3 aromatic carbocycles. The lowest BCUT2D eigenvalue weighted by Gasteiger charge is -2.34. The highest BCUT2D eigenvalue weighted by Crippen LogP contribution is 2.30. The molecule has 2 saturated heterocycles. The van der Waals surface area contributed by atoms with E-state index in [0.29, 0.717) is 46.5 Å². The molecule has 0 unspecified atom stereocenters. The molecule has 0 spiro atoms. The van der Waals surface area contributed by atoms with Crippen molar-refractivity contribution in [2.24, 2.45) is 0 Å². The minimum Gasteiger partial charge on any atom is -0.445 e. The molecule has 0 aliphatic carbocycles. The van der Waals surface area contributed by atoms with Crippen LogP contribution in [-0.4, -0.2) is 99.5 Å². The maximum atomic E-state index is 14.0. The van der Waals surface area contributed by atoms with Gasteiger partial charge in [0.15, 0.2) is 5.82 Å². The molecule has 6 rings (SSSR count). The number of carbonyl (C=O) groups excluding carboxylic acids is 2. The average molecular weight is 663 g/mol. The molecule has 2 aliphatic heterocycles. The first-order valence-corrected chi connectivity index (χ1v) is 16.1. The molecule has 13 heteroatoms. The fraction of sp³-hybridized carbons (Fsp3) is 0.400. The summed E-state index contributed by atoms with van der Waals surface area (Å²) in [6.07, 6.45) is 1.11. The maximum Gasteiger partial charge on any atom is 0.435 e. The van der Waals surface area contributed by atoms with Crippen LogP contribution in [0.25, 0.3) is 10.9 Å². The fourth-order valence-corrected chi connectivity index (χ4v) is 6.08. The molecule has 4 aromatic rings. The van der Waals surface area contributed by atoms with Crippen LogP contribution in [0.1, 0.15) is 34.3 Å². The lowest BCUT2D eigenvalue weighted by Crippen LogP contribution is -2.44. The summed E-state index contributed by atoms with van der Waals surface area (Å²) in [6, 6.07) is 14.5. The highest BCUT2D eigenvalue weighted by molar-refractivity contribution is 6.11. The van der Waals surface area contributed by atoms with Gasteiger partial charge >= 0.3 is 6.09 Å². The van der Waals surface area contributed by atoms with Crippen LogP contribution in [0.15, 0.2) is 54.6 Å². The molecular weight excluding hydrogens is 622 g/mol. The number of carbonyl (C=O) groups is 2. The first-order valence-electron chi connectivity index (χ1n) is 16.1. The van der Waals surface area contributed by atoms with Gasteiger partial charge in [0.25, 0.3) is 5.91 Å². The molecule has 0 bridgehead atoms. The summed E-state index contributed by atoms with van der Waals surface area (Å²) in [5.41, 5.74) is 3.69. The van der Waals surface area contributed by atoms with Gasteiger partial charge in [0.1, 0.15) is 18.2 Å². The van der Waals surface area contributed by atoms with Crippen LogP contribution in [0.2, 0.25) is 0 Å². The Kier molecular flexibility index (Phi) is 10.5. The molecular formula is C35H40F2N6O5. The second kappa shape index (κ2) is 15.1. The van der Waals surface area contributed by atoms with E-state index < -0.39 is 23.6 Å². The quantitative estimate of drug-likeness (QED) is 0.224. The van der Waals surface area contributed by atoms with Crippen LogP contribution in [0.4, 0.5) is 30.8 Å². The first-order chi connectivity index (χ1) is 23.3. The maximum absolute atomic E-state index is 14.0. The molecule has 0 atom stereocenters. The van der Waals surface area contributed by atoms with E-state index in [-0.39, 0.29) is 31.5 Å². The summed E-state index contributed by atoms with van der Waals surface area (Å²) in [6.45, 7) is 5.17. The lowest BCUT2D eigenvalue weighted by atomic mass is 10.0. The van der Waals surface area contributed by atoms with Gasteiger partial charge in [-0.05, 0) is 79.9 Å². The number of anilines is 3. The normalized spacial score (nSPS) is 15.9. The molecule has 0 radical (unpaired) electrons. The monoisotopic (exact) mass is 662 g/mol. The highest BCUT2D eigenvalue weighted by atomic mass is 19.1. The van der Waals surface area contributed by atoms with E-state index in [0.717, 1.165) is 55.5 Å². The number of amides is 1. The largest absolute Gasteiger partial charge is 0.445 e. The van der Waals surface area contributed by atoms with Gasteiger partial charge in [-0.15, -0.1) is 5.10 Å². The number of piperazine rings is 1. The van der Waals surface area contributed by atoms with E-state index in [4.69, 9.17) is 14.2 Å². The number of aromatic nitrogens is 2. The number of hydrogen-bond donors (Lipinski definition) is 2. The number of methoxy groups -OCH3 is 1. The fourth-order valence-electron chi connectivity index (χ4n) is 6.08. The van der Waals surface area contributed by atoms with Gasteiger partial charge in [0.05, 0.1) is 17.7 Å². The standard InChI is InChI=1S/C35H40F2N6O5/c1-41-9-11-42(12-10-41)28-4-5-29(31(22-28)38-27-7-13-47-14-8-27)34(44)39-33-30-20-23(17-24-18-25(36)21-26(37)19-24)3-6-32(30)43(40-33)35(45)48-16-15-46-2/h3-6,18-22,27,38H,7-17H2,1-2H3,(H,39,40,44). The van der Waals surface area contributed by atoms with Crippen LogP contribution in [0.5, 0.6) is 0 Å². The molecule has 2 fully saturated rings. The van der Waals surface area contributed by atoms with Gasteiger partial charge in [-0.25, -0.2) is 13.6 Å². The number of hydrogen-bond acceptors (Lipinski definition) is 9. The van der Waals surface area contributed by atoms with Crippen LogP contribution >= 0.6 is 0 Å². The summed E-state index contributed by atoms with van der Waals surface area (Å²) in [4.78, 5) is 31.7. The van der Waals surface area contributed by atoms with E-state index in [1.54, 1.807) is 18.2 Å². The smallest absolute Gasteiger partial charge is 0.435 e. The van der Waals surface area contributed by atoms with Crippen molar-refractivity contribution >= 4 is 40.1 Å². The predicted molar refractivity (Wildman–Crippen MR) is 179 cm³/mol. The van der Waals surface area contributed by atoms with Crippen molar-refractivity contribution in [3.63, 3.8) is 0 Å². The Morgan fingerprint density at radius 3 is 2.42 bits per heavy atom. The third kappa shape index (κ3) is 7.92. The minimum absolute atomic E-state index is 0.0164. The van der Waals surface area contributed by atoms with E-state index >= 15 is 0 Å². The molecule has 2 N–H and O–H groups in total. The molecule has 254 valence electrons. The Hall–Kier alpha value is -4.59. The number of likely N-dealkylation sites (N-methyl/N-ethyl adjacent to an activating group) is 1. The second-order valence-corrected chi connectivity index (χ2v) is 12.2. The number of rotatable bonds is 10. The third-order valence-electron chi connectivity index (χ3n) is 8.69. The lowest BCUT2D eigenvalue weighted by molar-refractivity contribution is 0.0904. The van der Waals surface area contributed by atoms with Gasteiger partial charge in [-0.1, -0.05) is 6.07 Å². The Balaban J connectivity index is 1.33. The number of halogens is 2. The van der Waals surface area contributed by atoms with Gasteiger partial charge in [-0.2, -0.15) is 4.68 Å². The molecule has 1 aromatic heterocycles. The van der Waals surface area contributed by atoms with Crippen molar-refractivity contribution in [3.8, 4) is 0 Å². The summed E-state index contributed by atoms with van der Waals surface area (Å²) in [5, 5.41) is 11.4. The van der Waals surface area contributed by atoms with Crippen molar-refractivity contribution in [1.82, 2.24) is 14.7 Å². The predicted octanol–water partition coefficient (Wildman–Crippen LogP) is 5.13. The number of fused-ring (bicyclic) bond motifs is 1. The van der Waals surface area contributed by atoms with Crippen LogP contribution in [-0.2, 0) is 20.6 Å². The van der Waals surface area contributed by atoms with Gasteiger partial charge < -0.3 is 34.6 Å².